The number of ether oxygens (including phenoxy) is 1. The minimum atomic E-state index is -3.81. The number of carbonyl (C=O) groups excluding carboxylic acids is 2. The third-order valence-corrected chi connectivity index (χ3v) is 6.72. The van der Waals surface area contributed by atoms with Crippen molar-refractivity contribution < 1.29 is 22.7 Å². The van der Waals surface area contributed by atoms with Gasteiger partial charge in [-0.2, -0.15) is 4.31 Å². The van der Waals surface area contributed by atoms with E-state index in [1.165, 1.54) is 10.4 Å². The van der Waals surface area contributed by atoms with Crippen LogP contribution in [-0.2, 0) is 30.8 Å². The minimum Gasteiger partial charge on any atom is -0.465 e. The number of aryl methyl sites for hydroxylation is 1. The zero-order valence-corrected chi connectivity index (χ0v) is 15.7. The first-order chi connectivity index (χ1) is 12.4. The predicted octanol–water partition coefficient (Wildman–Crippen LogP) is 2.07. The van der Waals surface area contributed by atoms with Gasteiger partial charge in [-0.3, -0.25) is 9.59 Å². The molecule has 1 amide bonds. The van der Waals surface area contributed by atoms with Crippen LogP contribution < -0.4 is 5.32 Å². The van der Waals surface area contributed by atoms with Gasteiger partial charge >= 0.3 is 5.97 Å². The number of anilines is 1. The summed E-state index contributed by atoms with van der Waals surface area (Å²) >= 11 is 0. The molecule has 0 aliphatic carbocycles. The van der Waals surface area contributed by atoms with Crippen molar-refractivity contribution in [3.63, 3.8) is 0 Å². The zero-order chi connectivity index (χ0) is 18.7. The number of sulfonamides is 1. The van der Waals surface area contributed by atoms with Gasteiger partial charge in [0.15, 0.2) is 0 Å². The molecule has 0 spiro atoms. The van der Waals surface area contributed by atoms with Crippen molar-refractivity contribution in [2.24, 2.45) is 0 Å². The standard InChI is InChI=1S/C18H24N2O5S/c1-2-25-18(22)16-7-3-4-11-20(16)26(23,24)14-9-10-15-13(12-14)6-5-8-17(21)19-15/h9-10,12,16H,2-8,11H2,1H3,(H,19,21). The molecule has 8 heteroatoms. The van der Waals surface area contributed by atoms with Gasteiger partial charge in [-0.05, 0) is 62.8 Å². The van der Waals surface area contributed by atoms with Gasteiger partial charge in [0.05, 0.1) is 11.5 Å². The summed E-state index contributed by atoms with van der Waals surface area (Å²) in [7, 11) is -3.81. The maximum atomic E-state index is 13.2. The number of rotatable bonds is 4. The topological polar surface area (TPSA) is 92.8 Å². The summed E-state index contributed by atoms with van der Waals surface area (Å²) in [6.07, 6.45) is 3.73. The van der Waals surface area contributed by atoms with E-state index in [9.17, 15) is 18.0 Å². The molecule has 7 nitrogen and oxygen atoms in total. The van der Waals surface area contributed by atoms with Crippen molar-refractivity contribution in [2.75, 3.05) is 18.5 Å². The zero-order valence-electron chi connectivity index (χ0n) is 14.9. The Bertz CT molecular complexity index is 806. The van der Waals surface area contributed by atoms with Crippen molar-refractivity contribution in [2.45, 2.75) is 56.4 Å². The average Bonchev–Trinajstić information content (AvgIpc) is 2.81. The fraction of sp³-hybridized carbons (Fsp3) is 0.556. The number of piperidine rings is 1. The number of carbonyl (C=O) groups is 2. The van der Waals surface area contributed by atoms with Crippen molar-refractivity contribution in [3.05, 3.63) is 23.8 Å². The molecule has 1 unspecified atom stereocenters. The van der Waals surface area contributed by atoms with E-state index in [2.05, 4.69) is 5.32 Å². The van der Waals surface area contributed by atoms with Gasteiger partial charge < -0.3 is 10.1 Å². The van der Waals surface area contributed by atoms with Crippen molar-refractivity contribution in [3.8, 4) is 0 Å². The van der Waals surface area contributed by atoms with Crippen LogP contribution in [0.5, 0.6) is 0 Å². The summed E-state index contributed by atoms with van der Waals surface area (Å²) in [5.41, 5.74) is 1.47. The van der Waals surface area contributed by atoms with Gasteiger partial charge in [0, 0.05) is 18.7 Å². The molecule has 1 saturated heterocycles. The second kappa shape index (κ2) is 7.75. The molecule has 0 aromatic heterocycles. The van der Waals surface area contributed by atoms with Crippen LogP contribution in [0.4, 0.5) is 5.69 Å². The molecule has 1 fully saturated rings. The first kappa shape index (κ1) is 18.8. The summed E-state index contributed by atoms with van der Waals surface area (Å²) < 4.78 is 32.7. The smallest absolute Gasteiger partial charge is 0.324 e. The molecule has 1 aromatic carbocycles. The van der Waals surface area contributed by atoms with Gasteiger partial charge in [-0.15, -0.1) is 0 Å². The highest BCUT2D eigenvalue weighted by Crippen LogP contribution is 2.30. The number of esters is 1. The summed E-state index contributed by atoms with van der Waals surface area (Å²) in [5, 5.41) is 2.80. The number of hydrogen-bond acceptors (Lipinski definition) is 5. The Morgan fingerprint density at radius 2 is 2.08 bits per heavy atom. The molecule has 26 heavy (non-hydrogen) atoms. The molecule has 0 saturated carbocycles. The molecule has 142 valence electrons. The van der Waals surface area contributed by atoms with Crippen LogP contribution in [0.3, 0.4) is 0 Å². The van der Waals surface area contributed by atoms with Gasteiger partial charge in [-0.1, -0.05) is 0 Å². The summed E-state index contributed by atoms with van der Waals surface area (Å²) in [6, 6.07) is 3.98. The molecule has 0 bridgehead atoms. The quantitative estimate of drug-likeness (QED) is 0.807. The number of nitrogens with one attached hydrogen (secondary N) is 1. The predicted molar refractivity (Wildman–Crippen MR) is 96.2 cm³/mol. The Morgan fingerprint density at radius 3 is 2.85 bits per heavy atom. The number of benzene rings is 1. The van der Waals surface area contributed by atoms with E-state index in [1.54, 1.807) is 19.1 Å². The third-order valence-electron chi connectivity index (χ3n) is 4.82. The lowest BCUT2D eigenvalue weighted by atomic mass is 10.1. The Morgan fingerprint density at radius 1 is 1.27 bits per heavy atom. The van der Waals surface area contributed by atoms with Crippen LogP contribution in [0.25, 0.3) is 0 Å². The van der Waals surface area contributed by atoms with E-state index in [-0.39, 0.29) is 17.4 Å². The van der Waals surface area contributed by atoms with Gasteiger partial charge in [0.2, 0.25) is 15.9 Å². The molecule has 3 rings (SSSR count). The van der Waals surface area contributed by atoms with Crippen LogP contribution in [0.2, 0.25) is 0 Å². The second-order valence-corrected chi connectivity index (χ2v) is 8.49. The minimum absolute atomic E-state index is 0.0576. The SMILES string of the molecule is CCOC(=O)C1CCCCN1S(=O)(=O)c1ccc2c(c1)CCCC(=O)N2. The molecular formula is C18H24N2O5S. The summed E-state index contributed by atoms with van der Waals surface area (Å²) in [6.45, 7) is 2.24. The van der Waals surface area contributed by atoms with Crippen LogP contribution >= 0.6 is 0 Å². The Balaban J connectivity index is 1.92. The molecule has 0 radical (unpaired) electrons. The Kier molecular flexibility index (Phi) is 5.62. The van der Waals surface area contributed by atoms with E-state index in [0.29, 0.717) is 37.9 Å². The molecule has 2 aliphatic heterocycles. The summed E-state index contributed by atoms with van der Waals surface area (Å²) in [5.74, 6) is -0.546. The monoisotopic (exact) mass is 380 g/mol. The van der Waals surface area contributed by atoms with Crippen LogP contribution in [0.15, 0.2) is 23.1 Å². The lowest BCUT2D eigenvalue weighted by Gasteiger charge is -2.33. The average molecular weight is 380 g/mol. The van der Waals surface area contributed by atoms with Gasteiger partial charge in [-0.25, -0.2) is 8.42 Å². The highest BCUT2D eigenvalue weighted by molar-refractivity contribution is 7.89. The Labute approximate surface area is 153 Å². The normalized spacial score (nSPS) is 21.4. The van der Waals surface area contributed by atoms with Gasteiger partial charge in [0.25, 0.3) is 0 Å². The largest absolute Gasteiger partial charge is 0.465 e. The van der Waals surface area contributed by atoms with Crippen LogP contribution in [-0.4, -0.2) is 43.8 Å². The highest BCUT2D eigenvalue weighted by Gasteiger charge is 2.38. The van der Waals surface area contributed by atoms with E-state index in [1.807, 2.05) is 0 Å². The maximum Gasteiger partial charge on any atom is 0.324 e. The van der Waals surface area contributed by atoms with E-state index in [0.717, 1.165) is 18.4 Å². The molecule has 2 heterocycles. The van der Waals surface area contributed by atoms with Crippen molar-refractivity contribution in [1.29, 1.82) is 0 Å². The first-order valence-corrected chi connectivity index (χ1v) is 10.5. The highest BCUT2D eigenvalue weighted by atomic mass is 32.2. The first-order valence-electron chi connectivity index (χ1n) is 9.04. The maximum absolute atomic E-state index is 13.2. The number of fused-ring (bicyclic) bond motifs is 1. The summed E-state index contributed by atoms with van der Waals surface area (Å²) in [4.78, 5) is 24.0. The molecule has 2 aliphatic rings. The fourth-order valence-corrected chi connectivity index (χ4v) is 5.21. The molecule has 1 atom stereocenters. The Hall–Kier alpha value is -1.93. The number of amides is 1. The molecule has 1 aromatic rings. The van der Waals surface area contributed by atoms with Gasteiger partial charge in [0.1, 0.15) is 6.04 Å². The van der Waals surface area contributed by atoms with Crippen LogP contribution in [0.1, 0.15) is 44.6 Å². The van der Waals surface area contributed by atoms with Crippen molar-refractivity contribution in [1.82, 2.24) is 4.31 Å². The fourth-order valence-electron chi connectivity index (χ4n) is 3.51. The second-order valence-electron chi connectivity index (χ2n) is 6.60. The third kappa shape index (κ3) is 3.76. The molecular weight excluding hydrogens is 356 g/mol. The lowest BCUT2D eigenvalue weighted by molar-refractivity contribution is -0.148. The lowest BCUT2D eigenvalue weighted by Crippen LogP contribution is -2.48. The van der Waals surface area contributed by atoms with E-state index < -0.39 is 22.0 Å². The van der Waals surface area contributed by atoms with E-state index >= 15 is 0 Å². The van der Waals surface area contributed by atoms with Crippen LogP contribution in [0, 0.1) is 0 Å². The number of nitrogens with zero attached hydrogens (tertiary/aromatic N) is 1. The van der Waals surface area contributed by atoms with E-state index in [4.69, 9.17) is 4.74 Å². The van der Waals surface area contributed by atoms with Crippen molar-refractivity contribution >= 4 is 27.6 Å². The molecule has 1 N–H and O–H groups in total. The number of hydrogen-bond donors (Lipinski definition) is 1.